The molecule has 1 rings (SSSR count). The van der Waals surface area contributed by atoms with Gasteiger partial charge in [-0.15, -0.1) is 0 Å². The molecule has 0 saturated carbocycles. The van der Waals surface area contributed by atoms with E-state index in [2.05, 4.69) is 0 Å². The Bertz CT molecular complexity index is 167. The summed E-state index contributed by atoms with van der Waals surface area (Å²) in [6.45, 7) is 0.240. The third-order valence-electron chi connectivity index (χ3n) is 1.24. The second kappa shape index (κ2) is 10.7. The molecule has 0 aliphatic heterocycles. The average Bonchev–Trinajstić information content (AvgIpc) is 1.91. The second-order valence-electron chi connectivity index (χ2n) is 1.96. The fraction of sp³-hybridized carbons (Fsp3) is 0.250. The molecule has 1 aromatic rings. The van der Waals surface area contributed by atoms with E-state index in [-0.39, 0.29) is 36.1 Å². The first-order valence-electron chi connectivity index (χ1n) is 3.08. The van der Waals surface area contributed by atoms with Crippen LogP contribution in [0.15, 0.2) is 30.3 Å². The molecule has 69 valence electrons. The zero-order valence-corrected chi connectivity index (χ0v) is 8.09. The monoisotopic (exact) mass is 209 g/mol. The third kappa shape index (κ3) is 6.40. The molecule has 0 unspecified atom stereocenters. The number of rotatable bonds is 2. The first kappa shape index (κ1) is 17.7. The SMILES string of the molecule is O.O.OCCc1ccccc1.[V]. The number of aliphatic hydroxyl groups excluding tert-OH is 1. The van der Waals surface area contributed by atoms with Crippen molar-refractivity contribution in [2.45, 2.75) is 6.42 Å². The summed E-state index contributed by atoms with van der Waals surface area (Å²) in [5.41, 5.74) is 1.19. The van der Waals surface area contributed by atoms with Crippen LogP contribution in [0.25, 0.3) is 0 Å². The molecular formula is C8H14O3V. The molecule has 0 saturated heterocycles. The fourth-order valence-electron chi connectivity index (χ4n) is 0.774. The zero-order chi connectivity index (χ0) is 6.53. The minimum Gasteiger partial charge on any atom is -0.412 e. The molecule has 0 aliphatic rings. The van der Waals surface area contributed by atoms with E-state index in [1.54, 1.807) is 0 Å². The van der Waals surface area contributed by atoms with Crippen LogP contribution in [0.1, 0.15) is 5.56 Å². The van der Waals surface area contributed by atoms with Gasteiger partial charge in [0.2, 0.25) is 0 Å². The van der Waals surface area contributed by atoms with Crippen LogP contribution in [-0.2, 0) is 25.0 Å². The van der Waals surface area contributed by atoms with Gasteiger partial charge in [0.05, 0.1) is 0 Å². The van der Waals surface area contributed by atoms with Gasteiger partial charge >= 0.3 is 0 Å². The van der Waals surface area contributed by atoms with E-state index < -0.39 is 0 Å². The van der Waals surface area contributed by atoms with E-state index >= 15 is 0 Å². The van der Waals surface area contributed by atoms with Gasteiger partial charge in [-0.3, -0.25) is 0 Å². The summed E-state index contributed by atoms with van der Waals surface area (Å²) in [7, 11) is 0. The molecule has 0 aromatic heterocycles. The van der Waals surface area contributed by atoms with Gasteiger partial charge in [0.15, 0.2) is 0 Å². The van der Waals surface area contributed by atoms with Crippen molar-refractivity contribution in [1.29, 1.82) is 0 Å². The molecule has 0 atom stereocenters. The average molecular weight is 209 g/mol. The zero-order valence-electron chi connectivity index (χ0n) is 6.70. The van der Waals surface area contributed by atoms with E-state index in [0.29, 0.717) is 0 Å². The van der Waals surface area contributed by atoms with Crippen molar-refractivity contribution in [2.24, 2.45) is 0 Å². The Labute approximate surface area is 83.9 Å². The fourth-order valence-corrected chi connectivity index (χ4v) is 0.774. The van der Waals surface area contributed by atoms with E-state index in [4.69, 9.17) is 5.11 Å². The summed E-state index contributed by atoms with van der Waals surface area (Å²) in [6, 6.07) is 9.95. The van der Waals surface area contributed by atoms with Gasteiger partial charge in [-0.25, -0.2) is 0 Å². The molecule has 12 heavy (non-hydrogen) atoms. The smallest absolute Gasteiger partial charge is 0.0471 e. The molecule has 4 heteroatoms. The molecular weight excluding hydrogens is 195 g/mol. The van der Waals surface area contributed by atoms with Gasteiger partial charge < -0.3 is 16.1 Å². The molecule has 1 aromatic carbocycles. The molecule has 0 bridgehead atoms. The van der Waals surface area contributed by atoms with Gasteiger partial charge in [-0.2, -0.15) is 0 Å². The summed E-state index contributed by atoms with van der Waals surface area (Å²) in [4.78, 5) is 0. The first-order chi connectivity index (χ1) is 4.43. The predicted molar refractivity (Wildman–Crippen MR) is 44.5 cm³/mol. The van der Waals surface area contributed by atoms with Crippen LogP contribution in [-0.4, -0.2) is 22.7 Å². The van der Waals surface area contributed by atoms with Gasteiger partial charge in [0.1, 0.15) is 0 Å². The molecule has 0 heterocycles. The van der Waals surface area contributed by atoms with Crippen LogP contribution in [0.4, 0.5) is 0 Å². The summed E-state index contributed by atoms with van der Waals surface area (Å²) in [5.74, 6) is 0. The molecule has 0 spiro atoms. The molecule has 5 N–H and O–H groups in total. The Morgan fingerprint density at radius 1 is 1.00 bits per heavy atom. The largest absolute Gasteiger partial charge is 0.412 e. The molecule has 1 radical (unpaired) electrons. The van der Waals surface area contributed by atoms with E-state index in [0.717, 1.165) is 6.42 Å². The normalized spacial score (nSPS) is 7.08. The van der Waals surface area contributed by atoms with Crippen molar-refractivity contribution < 1.29 is 34.6 Å². The van der Waals surface area contributed by atoms with Gasteiger partial charge in [-0.1, -0.05) is 30.3 Å². The topological polar surface area (TPSA) is 83.2 Å². The molecule has 0 fully saturated rings. The molecule has 0 amide bonds. The van der Waals surface area contributed by atoms with Crippen molar-refractivity contribution in [3.63, 3.8) is 0 Å². The van der Waals surface area contributed by atoms with E-state index in [1.165, 1.54) is 5.56 Å². The Morgan fingerprint density at radius 3 is 1.92 bits per heavy atom. The van der Waals surface area contributed by atoms with Gasteiger partial charge in [0.25, 0.3) is 0 Å². The van der Waals surface area contributed by atoms with Crippen molar-refractivity contribution >= 4 is 0 Å². The van der Waals surface area contributed by atoms with Crippen molar-refractivity contribution in [1.82, 2.24) is 0 Å². The second-order valence-corrected chi connectivity index (χ2v) is 1.96. The van der Waals surface area contributed by atoms with Gasteiger partial charge in [0, 0.05) is 25.2 Å². The summed E-state index contributed by atoms with van der Waals surface area (Å²) >= 11 is 0. The van der Waals surface area contributed by atoms with Crippen molar-refractivity contribution in [3.05, 3.63) is 35.9 Å². The predicted octanol–water partition coefficient (Wildman–Crippen LogP) is -0.431. The Kier molecular flexibility index (Phi) is 15.7. The Balaban J connectivity index is -0.000000270. The minimum absolute atomic E-state index is 0. The Morgan fingerprint density at radius 2 is 1.50 bits per heavy atom. The van der Waals surface area contributed by atoms with Crippen LogP contribution >= 0.6 is 0 Å². The maximum absolute atomic E-state index is 8.52. The summed E-state index contributed by atoms with van der Waals surface area (Å²) in [6.07, 6.45) is 0.765. The van der Waals surface area contributed by atoms with E-state index in [1.807, 2.05) is 30.3 Å². The number of hydrogen-bond acceptors (Lipinski definition) is 1. The van der Waals surface area contributed by atoms with E-state index in [9.17, 15) is 0 Å². The van der Waals surface area contributed by atoms with Gasteiger partial charge in [-0.05, 0) is 12.0 Å². The maximum Gasteiger partial charge on any atom is 0.0471 e. The third-order valence-corrected chi connectivity index (χ3v) is 1.24. The quantitative estimate of drug-likeness (QED) is 0.704. The Hall–Kier alpha value is -0.316. The standard InChI is InChI=1S/C8H10O.2H2O.V/c9-7-6-8-4-2-1-3-5-8;;;/h1-5,9H,6-7H2;2*1H2;. The molecule has 3 nitrogen and oxygen atoms in total. The number of benzene rings is 1. The van der Waals surface area contributed by atoms with Crippen molar-refractivity contribution in [2.75, 3.05) is 6.61 Å². The van der Waals surface area contributed by atoms with Crippen LogP contribution < -0.4 is 0 Å². The first-order valence-corrected chi connectivity index (χ1v) is 3.08. The maximum atomic E-state index is 8.52. The minimum atomic E-state index is 0. The van der Waals surface area contributed by atoms with Crippen LogP contribution in [0, 0.1) is 0 Å². The van der Waals surface area contributed by atoms with Crippen LogP contribution in [0.2, 0.25) is 0 Å². The van der Waals surface area contributed by atoms with Crippen molar-refractivity contribution in [3.8, 4) is 0 Å². The number of aliphatic hydroxyl groups is 1. The summed E-state index contributed by atoms with van der Waals surface area (Å²) in [5, 5.41) is 8.52. The van der Waals surface area contributed by atoms with Crippen LogP contribution in [0.3, 0.4) is 0 Å². The summed E-state index contributed by atoms with van der Waals surface area (Å²) < 4.78 is 0. The van der Waals surface area contributed by atoms with Crippen LogP contribution in [0.5, 0.6) is 0 Å². The number of hydrogen-bond donors (Lipinski definition) is 1. The molecule has 0 aliphatic carbocycles.